The quantitative estimate of drug-likeness (QED) is 0.776. The van der Waals surface area contributed by atoms with Crippen LogP contribution in [0.4, 0.5) is 0 Å². The van der Waals surface area contributed by atoms with Crippen molar-refractivity contribution in [1.82, 2.24) is 20.3 Å². The Balaban J connectivity index is 1.83. The Bertz CT molecular complexity index is 831. The Morgan fingerprint density at radius 1 is 1.12 bits per heavy atom. The minimum Gasteiger partial charge on any atom is -0.387 e. The number of fused-ring (bicyclic) bond motifs is 1. The number of nitrogens with one attached hydrogen (secondary N) is 1. The van der Waals surface area contributed by atoms with Gasteiger partial charge in [0.05, 0.1) is 17.3 Å². The van der Waals surface area contributed by atoms with Gasteiger partial charge in [0, 0.05) is 29.4 Å². The number of pyridine rings is 1. The van der Waals surface area contributed by atoms with Crippen LogP contribution in [0.5, 0.6) is 0 Å². The van der Waals surface area contributed by atoms with Crippen molar-refractivity contribution in [3.63, 3.8) is 0 Å². The second kappa shape index (κ2) is 6.63. The lowest BCUT2D eigenvalue weighted by molar-refractivity contribution is 0.115. The van der Waals surface area contributed by atoms with E-state index in [0.29, 0.717) is 0 Å². The molecule has 1 saturated heterocycles. The van der Waals surface area contributed by atoms with Gasteiger partial charge in [0.25, 0.3) is 0 Å². The van der Waals surface area contributed by atoms with Gasteiger partial charge >= 0.3 is 0 Å². The first-order chi connectivity index (χ1) is 11.8. The van der Waals surface area contributed by atoms with Gasteiger partial charge in [-0.05, 0) is 37.1 Å². The number of rotatable bonds is 3. The summed E-state index contributed by atoms with van der Waals surface area (Å²) in [5, 5.41) is 15.4. The number of piperidine rings is 1. The molecule has 0 spiro atoms. The highest BCUT2D eigenvalue weighted by atomic mass is 16.3. The highest BCUT2D eigenvalue weighted by Crippen LogP contribution is 2.31. The fourth-order valence-corrected chi connectivity index (χ4v) is 3.39. The first-order valence-electron chi connectivity index (χ1n) is 8.39. The molecule has 24 heavy (non-hydrogen) atoms. The molecule has 2 unspecified atom stereocenters. The topological polar surface area (TPSA) is 70.9 Å². The summed E-state index contributed by atoms with van der Waals surface area (Å²) in [6.45, 7) is 0.962. The van der Waals surface area contributed by atoms with Gasteiger partial charge in [-0.25, -0.2) is 15.0 Å². The van der Waals surface area contributed by atoms with Crippen molar-refractivity contribution < 1.29 is 5.11 Å². The molecule has 122 valence electrons. The number of aliphatic hydroxyl groups excluding tert-OH is 1. The lowest BCUT2D eigenvalue weighted by atomic mass is 9.92. The smallest absolute Gasteiger partial charge is 0.115 e. The minimum atomic E-state index is -0.554. The Hall–Kier alpha value is -2.37. The van der Waals surface area contributed by atoms with E-state index in [0.717, 1.165) is 47.1 Å². The van der Waals surface area contributed by atoms with E-state index in [4.69, 9.17) is 4.98 Å². The van der Waals surface area contributed by atoms with Gasteiger partial charge in [0.2, 0.25) is 0 Å². The number of aromatic nitrogens is 3. The summed E-state index contributed by atoms with van der Waals surface area (Å²) in [5.41, 5.74) is 3.44. The number of para-hydroxylation sites is 1. The molecule has 1 aliphatic heterocycles. The zero-order valence-corrected chi connectivity index (χ0v) is 13.4. The Kier molecular flexibility index (Phi) is 4.19. The minimum absolute atomic E-state index is 0.0874. The second-order valence-corrected chi connectivity index (χ2v) is 6.24. The Morgan fingerprint density at radius 2 is 1.96 bits per heavy atom. The van der Waals surface area contributed by atoms with Gasteiger partial charge in [-0.2, -0.15) is 0 Å². The van der Waals surface area contributed by atoms with E-state index in [1.807, 2.05) is 30.3 Å². The molecule has 2 aromatic heterocycles. The third-order valence-corrected chi connectivity index (χ3v) is 4.65. The van der Waals surface area contributed by atoms with Crippen LogP contribution < -0.4 is 5.32 Å². The Labute approximate surface area is 140 Å². The van der Waals surface area contributed by atoms with Crippen molar-refractivity contribution in [3.8, 4) is 11.3 Å². The fraction of sp³-hybridized carbons (Fsp3) is 0.316. The maximum Gasteiger partial charge on any atom is 0.115 e. The van der Waals surface area contributed by atoms with Crippen LogP contribution in [0.3, 0.4) is 0 Å². The SMILES string of the molecule is OC(c1cc(-c2cncnc2)nc2ccccc12)C1CCCCN1. The lowest BCUT2D eigenvalue weighted by Gasteiger charge is -2.29. The molecule has 3 heterocycles. The van der Waals surface area contributed by atoms with Crippen LogP contribution >= 0.6 is 0 Å². The normalized spacial score (nSPS) is 19.3. The molecule has 0 amide bonds. The van der Waals surface area contributed by atoms with E-state index >= 15 is 0 Å². The molecular weight excluding hydrogens is 300 g/mol. The highest BCUT2D eigenvalue weighted by molar-refractivity contribution is 5.85. The summed E-state index contributed by atoms with van der Waals surface area (Å²) < 4.78 is 0. The number of hydrogen-bond donors (Lipinski definition) is 2. The van der Waals surface area contributed by atoms with Gasteiger partial charge in [0.1, 0.15) is 6.33 Å². The van der Waals surface area contributed by atoms with Crippen molar-refractivity contribution in [2.24, 2.45) is 0 Å². The fourth-order valence-electron chi connectivity index (χ4n) is 3.39. The highest BCUT2D eigenvalue weighted by Gasteiger charge is 2.25. The third-order valence-electron chi connectivity index (χ3n) is 4.65. The zero-order valence-electron chi connectivity index (χ0n) is 13.4. The summed E-state index contributed by atoms with van der Waals surface area (Å²) in [6, 6.07) is 10.0. The monoisotopic (exact) mass is 320 g/mol. The van der Waals surface area contributed by atoms with E-state index in [1.165, 1.54) is 12.7 Å². The molecule has 5 heteroatoms. The summed E-state index contributed by atoms with van der Waals surface area (Å²) in [7, 11) is 0. The van der Waals surface area contributed by atoms with Crippen LogP contribution in [0.15, 0.2) is 49.1 Å². The maximum atomic E-state index is 11.0. The Morgan fingerprint density at radius 3 is 2.75 bits per heavy atom. The largest absolute Gasteiger partial charge is 0.387 e. The van der Waals surface area contributed by atoms with Crippen molar-refractivity contribution in [2.75, 3.05) is 6.54 Å². The molecule has 1 fully saturated rings. The van der Waals surface area contributed by atoms with Gasteiger partial charge in [-0.1, -0.05) is 24.6 Å². The van der Waals surface area contributed by atoms with Crippen molar-refractivity contribution in [3.05, 3.63) is 54.6 Å². The van der Waals surface area contributed by atoms with Crippen LogP contribution in [0.2, 0.25) is 0 Å². The number of hydrogen-bond acceptors (Lipinski definition) is 5. The first-order valence-corrected chi connectivity index (χ1v) is 8.39. The van der Waals surface area contributed by atoms with Crippen LogP contribution in [0, 0.1) is 0 Å². The maximum absolute atomic E-state index is 11.0. The molecule has 0 radical (unpaired) electrons. The molecule has 0 bridgehead atoms. The number of nitrogens with zero attached hydrogens (tertiary/aromatic N) is 3. The molecule has 0 aliphatic carbocycles. The summed E-state index contributed by atoms with van der Waals surface area (Å²) >= 11 is 0. The van der Waals surface area contributed by atoms with Crippen LogP contribution in [0.25, 0.3) is 22.2 Å². The van der Waals surface area contributed by atoms with Crippen molar-refractivity contribution in [2.45, 2.75) is 31.4 Å². The van der Waals surface area contributed by atoms with Gasteiger partial charge in [-0.3, -0.25) is 0 Å². The zero-order chi connectivity index (χ0) is 16.4. The molecule has 4 rings (SSSR count). The summed E-state index contributed by atoms with van der Waals surface area (Å²) in [5.74, 6) is 0. The van der Waals surface area contributed by atoms with E-state index < -0.39 is 6.10 Å². The molecular formula is C19H20N4O. The molecule has 2 atom stereocenters. The average molecular weight is 320 g/mol. The third kappa shape index (κ3) is 2.88. The number of aliphatic hydroxyl groups is 1. The average Bonchev–Trinajstić information content (AvgIpc) is 2.68. The van der Waals surface area contributed by atoms with Crippen molar-refractivity contribution in [1.29, 1.82) is 0 Å². The van der Waals surface area contributed by atoms with Crippen LogP contribution in [-0.4, -0.2) is 32.6 Å². The molecule has 1 aliphatic rings. The van der Waals surface area contributed by atoms with Crippen LogP contribution in [0.1, 0.15) is 30.9 Å². The molecule has 5 nitrogen and oxygen atoms in total. The molecule has 2 N–H and O–H groups in total. The van der Waals surface area contributed by atoms with E-state index in [1.54, 1.807) is 12.4 Å². The number of benzene rings is 1. The second-order valence-electron chi connectivity index (χ2n) is 6.24. The van der Waals surface area contributed by atoms with E-state index in [-0.39, 0.29) is 6.04 Å². The van der Waals surface area contributed by atoms with Gasteiger partial charge in [-0.15, -0.1) is 0 Å². The van der Waals surface area contributed by atoms with Gasteiger partial charge in [0.15, 0.2) is 0 Å². The van der Waals surface area contributed by atoms with Crippen molar-refractivity contribution >= 4 is 10.9 Å². The van der Waals surface area contributed by atoms with E-state index in [9.17, 15) is 5.11 Å². The lowest BCUT2D eigenvalue weighted by Crippen LogP contribution is -2.38. The van der Waals surface area contributed by atoms with E-state index in [2.05, 4.69) is 15.3 Å². The van der Waals surface area contributed by atoms with Crippen LogP contribution in [-0.2, 0) is 0 Å². The predicted molar refractivity (Wildman–Crippen MR) is 93.4 cm³/mol. The standard InChI is InChI=1S/C19H20N4O/c24-19(17-7-3-4-8-22-17)15-9-18(13-10-20-12-21-11-13)23-16-6-2-1-5-14(15)16/h1-2,5-6,9-12,17,19,22,24H,3-4,7-8H2. The van der Waals surface area contributed by atoms with Gasteiger partial charge < -0.3 is 10.4 Å². The molecule has 3 aromatic rings. The summed E-state index contributed by atoms with van der Waals surface area (Å²) in [4.78, 5) is 12.9. The predicted octanol–water partition coefficient (Wildman–Crippen LogP) is 2.87. The molecule has 0 saturated carbocycles. The molecule has 1 aromatic carbocycles. The summed E-state index contributed by atoms with van der Waals surface area (Å²) in [6.07, 6.45) is 7.76. The first kappa shape index (κ1) is 15.2.